The molecule has 21 heavy (non-hydrogen) atoms. The maximum absolute atomic E-state index is 11.6. The van der Waals surface area contributed by atoms with Gasteiger partial charge in [0.1, 0.15) is 17.1 Å². The number of furan rings is 1. The number of carbonyl (C=O) groups is 1. The third-order valence-corrected chi connectivity index (χ3v) is 4.01. The predicted molar refractivity (Wildman–Crippen MR) is 80.7 cm³/mol. The highest BCUT2D eigenvalue weighted by molar-refractivity contribution is 5.90. The number of ether oxygens (including phenoxy) is 1. The van der Waals surface area contributed by atoms with Crippen LogP contribution in [0.2, 0.25) is 0 Å². The quantitative estimate of drug-likeness (QED) is 0.812. The predicted octanol–water partition coefficient (Wildman–Crippen LogP) is 3.25. The summed E-state index contributed by atoms with van der Waals surface area (Å²) < 4.78 is 10.5. The molecule has 0 atom stereocenters. The first kappa shape index (κ1) is 13.7. The average molecular weight is 285 g/mol. The van der Waals surface area contributed by atoms with Crippen molar-refractivity contribution in [1.82, 2.24) is 0 Å². The molecule has 0 aliphatic carbocycles. The topological polar surface area (TPSA) is 42.7 Å². The summed E-state index contributed by atoms with van der Waals surface area (Å²) in [5.74, 6) is 1.06. The van der Waals surface area contributed by atoms with Gasteiger partial charge >= 0.3 is 5.97 Å². The molecule has 0 fully saturated rings. The van der Waals surface area contributed by atoms with Crippen LogP contribution in [0.25, 0.3) is 0 Å². The minimum Gasteiger partial charge on any atom is -0.465 e. The van der Waals surface area contributed by atoms with Gasteiger partial charge in [-0.2, -0.15) is 0 Å². The Bertz CT molecular complexity index is 687. The molecular weight excluding hydrogens is 266 g/mol. The highest BCUT2D eigenvalue weighted by Gasteiger charge is 2.23. The summed E-state index contributed by atoms with van der Waals surface area (Å²) in [4.78, 5) is 14.0. The molecule has 2 heterocycles. The molecule has 0 saturated heterocycles. The smallest absolute Gasteiger partial charge is 0.341 e. The van der Waals surface area contributed by atoms with Crippen LogP contribution < -0.4 is 4.90 Å². The molecule has 1 aromatic heterocycles. The summed E-state index contributed by atoms with van der Waals surface area (Å²) in [6, 6.07) is 8.20. The van der Waals surface area contributed by atoms with Gasteiger partial charge in [0.15, 0.2) is 0 Å². The summed E-state index contributed by atoms with van der Waals surface area (Å²) in [5, 5.41) is 0. The van der Waals surface area contributed by atoms with Crippen molar-refractivity contribution in [2.45, 2.75) is 26.8 Å². The molecule has 0 saturated carbocycles. The molecule has 0 bridgehead atoms. The second-order valence-electron chi connectivity index (χ2n) is 5.43. The number of esters is 1. The number of methoxy groups -OCH3 is 1. The molecule has 4 heteroatoms. The molecule has 0 N–H and O–H groups in total. The molecule has 1 aliphatic rings. The summed E-state index contributed by atoms with van der Waals surface area (Å²) in [6.07, 6.45) is 1.06. The van der Waals surface area contributed by atoms with Gasteiger partial charge in [-0.05, 0) is 37.5 Å². The van der Waals surface area contributed by atoms with E-state index in [0.717, 1.165) is 18.7 Å². The molecule has 4 nitrogen and oxygen atoms in total. The van der Waals surface area contributed by atoms with Crippen molar-refractivity contribution in [1.29, 1.82) is 0 Å². The van der Waals surface area contributed by atoms with Crippen LogP contribution >= 0.6 is 0 Å². The zero-order valence-electron chi connectivity index (χ0n) is 12.6. The van der Waals surface area contributed by atoms with E-state index in [-0.39, 0.29) is 5.97 Å². The Labute approximate surface area is 124 Å². The number of rotatable bonds is 3. The number of hydrogen-bond acceptors (Lipinski definition) is 4. The highest BCUT2D eigenvalue weighted by Crippen LogP contribution is 2.33. The number of anilines is 1. The van der Waals surface area contributed by atoms with E-state index in [9.17, 15) is 4.79 Å². The van der Waals surface area contributed by atoms with Crippen LogP contribution in [-0.2, 0) is 17.7 Å². The second kappa shape index (κ2) is 5.28. The second-order valence-corrected chi connectivity index (χ2v) is 5.43. The van der Waals surface area contributed by atoms with Gasteiger partial charge in [-0.1, -0.05) is 18.2 Å². The Kier molecular flexibility index (Phi) is 3.45. The molecule has 0 radical (unpaired) electrons. The molecular formula is C17H19NO3. The van der Waals surface area contributed by atoms with Gasteiger partial charge < -0.3 is 14.1 Å². The maximum atomic E-state index is 11.6. The third-order valence-electron chi connectivity index (χ3n) is 4.01. The zero-order chi connectivity index (χ0) is 15.0. The van der Waals surface area contributed by atoms with Crippen molar-refractivity contribution in [2.24, 2.45) is 0 Å². The van der Waals surface area contributed by atoms with Crippen molar-refractivity contribution >= 4 is 11.7 Å². The van der Waals surface area contributed by atoms with Crippen LogP contribution in [0.5, 0.6) is 0 Å². The van der Waals surface area contributed by atoms with Crippen molar-refractivity contribution in [3.63, 3.8) is 0 Å². The molecule has 1 aliphatic heterocycles. The van der Waals surface area contributed by atoms with Crippen LogP contribution in [0.15, 0.2) is 28.7 Å². The van der Waals surface area contributed by atoms with E-state index in [2.05, 4.69) is 30.0 Å². The largest absolute Gasteiger partial charge is 0.465 e. The Morgan fingerprint density at radius 1 is 1.38 bits per heavy atom. The van der Waals surface area contributed by atoms with Gasteiger partial charge in [0.25, 0.3) is 0 Å². The van der Waals surface area contributed by atoms with E-state index in [0.29, 0.717) is 17.9 Å². The Morgan fingerprint density at radius 3 is 2.95 bits per heavy atom. The number of benzene rings is 1. The van der Waals surface area contributed by atoms with Crippen molar-refractivity contribution < 1.29 is 13.9 Å². The number of para-hydroxylation sites is 1. The lowest BCUT2D eigenvalue weighted by atomic mass is 10.1. The summed E-state index contributed by atoms with van der Waals surface area (Å²) >= 11 is 0. The first-order chi connectivity index (χ1) is 10.1. The first-order valence-corrected chi connectivity index (χ1v) is 7.11. The molecule has 0 unspecified atom stereocenters. The molecule has 2 aromatic rings. The van der Waals surface area contributed by atoms with Crippen molar-refractivity contribution in [3.8, 4) is 0 Å². The maximum Gasteiger partial charge on any atom is 0.341 e. The van der Waals surface area contributed by atoms with E-state index in [1.54, 1.807) is 13.0 Å². The van der Waals surface area contributed by atoms with E-state index in [1.165, 1.54) is 23.9 Å². The van der Waals surface area contributed by atoms with Gasteiger partial charge in [0.05, 0.1) is 13.7 Å². The number of aryl methyl sites for hydroxylation is 2. The molecule has 0 amide bonds. The number of hydrogen-bond donors (Lipinski definition) is 0. The van der Waals surface area contributed by atoms with Gasteiger partial charge in [0.2, 0.25) is 0 Å². The first-order valence-electron chi connectivity index (χ1n) is 7.11. The fourth-order valence-corrected chi connectivity index (χ4v) is 3.02. The van der Waals surface area contributed by atoms with E-state index < -0.39 is 0 Å². The number of fused-ring (bicyclic) bond motifs is 1. The lowest BCUT2D eigenvalue weighted by Gasteiger charge is -2.19. The summed E-state index contributed by atoms with van der Waals surface area (Å²) in [6.45, 7) is 5.58. The molecule has 110 valence electrons. The van der Waals surface area contributed by atoms with Crippen molar-refractivity contribution in [2.75, 3.05) is 18.6 Å². The zero-order valence-corrected chi connectivity index (χ0v) is 12.6. The highest BCUT2D eigenvalue weighted by atomic mass is 16.5. The van der Waals surface area contributed by atoms with Gasteiger partial charge in [0, 0.05) is 12.2 Å². The fraction of sp³-hybridized carbons (Fsp3) is 0.353. The SMILES string of the molecule is COC(=O)c1cc(CN2CCc3cccc(C)c32)oc1C. The average Bonchev–Trinajstić information content (AvgIpc) is 3.03. The third kappa shape index (κ3) is 2.42. The van der Waals surface area contributed by atoms with Crippen LogP contribution in [0, 0.1) is 13.8 Å². The lowest BCUT2D eigenvalue weighted by Crippen LogP contribution is -2.20. The van der Waals surface area contributed by atoms with Crippen molar-refractivity contribution in [3.05, 3.63) is 52.5 Å². The van der Waals surface area contributed by atoms with E-state index in [1.807, 2.05) is 0 Å². The van der Waals surface area contributed by atoms with E-state index in [4.69, 9.17) is 9.15 Å². The normalized spacial score (nSPS) is 13.4. The summed E-state index contributed by atoms with van der Waals surface area (Å²) in [7, 11) is 1.38. The van der Waals surface area contributed by atoms with Gasteiger partial charge in [-0.15, -0.1) is 0 Å². The summed E-state index contributed by atoms with van der Waals surface area (Å²) in [5.41, 5.74) is 4.47. The van der Waals surface area contributed by atoms with Crippen LogP contribution in [0.4, 0.5) is 5.69 Å². The minimum absolute atomic E-state index is 0.347. The number of nitrogens with zero attached hydrogens (tertiary/aromatic N) is 1. The number of carbonyl (C=O) groups excluding carboxylic acids is 1. The van der Waals surface area contributed by atoms with Crippen LogP contribution in [0.3, 0.4) is 0 Å². The van der Waals surface area contributed by atoms with Crippen LogP contribution in [-0.4, -0.2) is 19.6 Å². The molecule has 0 spiro atoms. The minimum atomic E-state index is -0.347. The van der Waals surface area contributed by atoms with Gasteiger partial charge in [-0.25, -0.2) is 4.79 Å². The monoisotopic (exact) mass is 285 g/mol. The molecule has 3 rings (SSSR count). The van der Waals surface area contributed by atoms with Gasteiger partial charge in [-0.3, -0.25) is 0 Å². The van der Waals surface area contributed by atoms with E-state index >= 15 is 0 Å². The fourth-order valence-electron chi connectivity index (χ4n) is 3.02. The lowest BCUT2D eigenvalue weighted by molar-refractivity contribution is 0.0599. The Hall–Kier alpha value is -2.23. The Morgan fingerprint density at radius 2 is 2.19 bits per heavy atom. The Balaban J connectivity index is 1.85. The van der Waals surface area contributed by atoms with Crippen LogP contribution in [0.1, 0.15) is 33.0 Å². The standard InChI is InChI=1S/C17H19NO3/c1-11-5-4-6-13-7-8-18(16(11)13)10-14-9-15(12(2)21-14)17(19)20-3/h4-6,9H,7-8,10H2,1-3H3. The molecule has 1 aromatic carbocycles.